The Morgan fingerprint density at radius 2 is 2.53 bits per heavy atom. The second kappa shape index (κ2) is 6.95. The fourth-order valence-electron chi connectivity index (χ4n) is 1.61. The molecule has 1 saturated heterocycles. The van der Waals surface area contributed by atoms with Crippen LogP contribution in [-0.4, -0.2) is 34.8 Å². The van der Waals surface area contributed by atoms with Crippen molar-refractivity contribution in [3.63, 3.8) is 0 Å². The molecule has 1 fully saturated rings. The van der Waals surface area contributed by atoms with E-state index in [2.05, 4.69) is 12.1 Å². The summed E-state index contributed by atoms with van der Waals surface area (Å²) < 4.78 is 5.55. The second-order valence-corrected chi connectivity index (χ2v) is 5.13. The number of rotatable bonds is 6. The summed E-state index contributed by atoms with van der Waals surface area (Å²) in [5, 5.41) is 11.9. The van der Waals surface area contributed by atoms with Crippen molar-refractivity contribution in [2.45, 2.75) is 44.0 Å². The van der Waals surface area contributed by atoms with Crippen LogP contribution in [0.3, 0.4) is 0 Å². The van der Waals surface area contributed by atoms with Crippen molar-refractivity contribution in [3.8, 4) is 0 Å². The van der Waals surface area contributed by atoms with E-state index in [4.69, 9.17) is 15.7 Å². The molecule has 0 aromatic heterocycles. The van der Waals surface area contributed by atoms with Gasteiger partial charge in [0.1, 0.15) is 5.84 Å². The summed E-state index contributed by atoms with van der Waals surface area (Å²) in [7, 11) is 0. The standard InChI is InChI=1S/C10H20N2O2S/c1-2-9(6-10(11)12-13)15-7-8-4-3-5-14-8/h8-9,13H,2-7H2,1H3,(H2,11,12). The number of thioether (sulfide) groups is 1. The molecule has 0 spiro atoms. The minimum Gasteiger partial charge on any atom is -0.409 e. The van der Waals surface area contributed by atoms with E-state index in [1.165, 1.54) is 12.8 Å². The van der Waals surface area contributed by atoms with Crippen molar-refractivity contribution < 1.29 is 9.94 Å². The summed E-state index contributed by atoms with van der Waals surface area (Å²) in [5.41, 5.74) is 5.49. The number of nitrogens with zero attached hydrogens (tertiary/aromatic N) is 1. The van der Waals surface area contributed by atoms with Gasteiger partial charge in [-0.25, -0.2) is 0 Å². The van der Waals surface area contributed by atoms with E-state index in [-0.39, 0.29) is 0 Å². The average Bonchev–Trinajstić information content (AvgIpc) is 2.76. The predicted octanol–water partition coefficient (Wildman–Crippen LogP) is 1.81. The third-order valence-corrected chi connectivity index (χ3v) is 4.10. The summed E-state index contributed by atoms with van der Waals surface area (Å²) in [5.74, 6) is 1.35. The first-order chi connectivity index (χ1) is 7.26. The Kier molecular flexibility index (Phi) is 5.86. The molecular weight excluding hydrogens is 212 g/mol. The van der Waals surface area contributed by atoms with E-state index in [1.54, 1.807) is 0 Å². The van der Waals surface area contributed by atoms with Crippen LogP contribution >= 0.6 is 11.8 Å². The largest absolute Gasteiger partial charge is 0.409 e. The summed E-state index contributed by atoms with van der Waals surface area (Å²) in [6.07, 6.45) is 4.46. The SMILES string of the molecule is CCC(CC(N)=NO)SCC1CCCO1. The van der Waals surface area contributed by atoms with Crippen LogP contribution in [0, 0.1) is 0 Å². The van der Waals surface area contributed by atoms with Crippen molar-refractivity contribution in [2.75, 3.05) is 12.4 Å². The molecule has 1 heterocycles. The van der Waals surface area contributed by atoms with E-state index < -0.39 is 0 Å². The predicted molar refractivity (Wildman–Crippen MR) is 63.5 cm³/mol. The van der Waals surface area contributed by atoms with Gasteiger partial charge in [0.15, 0.2) is 0 Å². The van der Waals surface area contributed by atoms with Gasteiger partial charge in [-0.2, -0.15) is 11.8 Å². The number of nitrogens with two attached hydrogens (primary N) is 1. The normalized spacial score (nSPS) is 24.3. The lowest BCUT2D eigenvalue weighted by Gasteiger charge is -2.16. The van der Waals surface area contributed by atoms with Crippen LogP contribution in [0.5, 0.6) is 0 Å². The zero-order valence-corrected chi connectivity index (χ0v) is 10.0. The number of hydrogen-bond acceptors (Lipinski definition) is 4. The molecule has 2 unspecified atom stereocenters. The fraction of sp³-hybridized carbons (Fsp3) is 0.900. The zero-order valence-electron chi connectivity index (χ0n) is 9.19. The lowest BCUT2D eigenvalue weighted by atomic mass is 10.2. The van der Waals surface area contributed by atoms with Crippen LogP contribution in [0.4, 0.5) is 0 Å². The lowest BCUT2D eigenvalue weighted by Crippen LogP contribution is -2.20. The first-order valence-electron chi connectivity index (χ1n) is 5.45. The van der Waals surface area contributed by atoms with Gasteiger partial charge in [-0.15, -0.1) is 0 Å². The molecule has 0 radical (unpaired) electrons. The van der Waals surface area contributed by atoms with Crippen molar-refractivity contribution in [2.24, 2.45) is 10.9 Å². The molecule has 1 aliphatic heterocycles. The molecule has 3 N–H and O–H groups in total. The smallest absolute Gasteiger partial charge is 0.140 e. The fourth-order valence-corrected chi connectivity index (χ4v) is 2.89. The third kappa shape index (κ3) is 4.75. The number of hydrogen-bond donors (Lipinski definition) is 2. The minimum absolute atomic E-state index is 0.321. The Balaban J connectivity index is 2.20. The van der Waals surface area contributed by atoms with Crippen molar-refractivity contribution in [1.82, 2.24) is 0 Å². The molecule has 0 aromatic rings. The van der Waals surface area contributed by atoms with Crippen LogP contribution in [0.2, 0.25) is 0 Å². The molecule has 15 heavy (non-hydrogen) atoms. The Morgan fingerprint density at radius 1 is 1.73 bits per heavy atom. The van der Waals surface area contributed by atoms with Crippen molar-refractivity contribution >= 4 is 17.6 Å². The molecule has 1 rings (SSSR count). The van der Waals surface area contributed by atoms with Crippen LogP contribution in [0.15, 0.2) is 5.16 Å². The van der Waals surface area contributed by atoms with Gasteiger partial charge < -0.3 is 15.7 Å². The van der Waals surface area contributed by atoms with Crippen molar-refractivity contribution in [3.05, 3.63) is 0 Å². The van der Waals surface area contributed by atoms with E-state index in [0.717, 1.165) is 18.8 Å². The minimum atomic E-state index is 0.321. The highest BCUT2D eigenvalue weighted by atomic mass is 32.2. The van der Waals surface area contributed by atoms with Crippen LogP contribution in [0.1, 0.15) is 32.6 Å². The number of oxime groups is 1. The van der Waals surface area contributed by atoms with E-state index in [0.29, 0.717) is 23.6 Å². The first kappa shape index (κ1) is 12.6. The molecule has 4 nitrogen and oxygen atoms in total. The molecule has 1 aliphatic rings. The zero-order chi connectivity index (χ0) is 11.1. The summed E-state index contributed by atoms with van der Waals surface area (Å²) in [6.45, 7) is 3.03. The second-order valence-electron chi connectivity index (χ2n) is 3.79. The van der Waals surface area contributed by atoms with E-state index in [9.17, 15) is 0 Å². The Morgan fingerprint density at radius 3 is 3.07 bits per heavy atom. The molecular formula is C10H20N2O2S. The molecule has 0 bridgehead atoms. The highest BCUT2D eigenvalue weighted by molar-refractivity contribution is 7.99. The monoisotopic (exact) mass is 232 g/mol. The van der Waals surface area contributed by atoms with Crippen LogP contribution < -0.4 is 5.73 Å². The van der Waals surface area contributed by atoms with Gasteiger partial charge in [-0.05, 0) is 19.3 Å². The van der Waals surface area contributed by atoms with Gasteiger partial charge in [-0.1, -0.05) is 12.1 Å². The first-order valence-corrected chi connectivity index (χ1v) is 6.50. The number of ether oxygens (including phenoxy) is 1. The highest BCUT2D eigenvalue weighted by Gasteiger charge is 2.18. The third-order valence-electron chi connectivity index (χ3n) is 2.56. The van der Waals surface area contributed by atoms with E-state index >= 15 is 0 Å². The van der Waals surface area contributed by atoms with Gasteiger partial charge in [-0.3, -0.25) is 0 Å². The Bertz CT molecular complexity index is 206. The maximum atomic E-state index is 8.49. The number of amidine groups is 1. The Hall–Kier alpha value is -0.420. The summed E-state index contributed by atoms with van der Waals surface area (Å²) in [6, 6.07) is 0. The molecule has 0 aliphatic carbocycles. The quantitative estimate of drug-likeness (QED) is 0.317. The van der Waals surface area contributed by atoms with Gasteiger partial charge in [0, 0.05) is 24.0 Å². The maximum absolute atomic E-state index is 8.49. The maximum Gasteiger partial charge on any atom is 0.140 e. The topological polar surface area (TPSA) is 67.8 Å². The molecule has 2 atom stereocenters. The average molecular weight is 232 g/mol. The van der Waals surface area contributed by atoms with Crippen molar-refractivity contribution in [1.29, 1.82) is 0 Å². The molecule has 88 valence electrons. The molecule has 0 saturated carbocycles. The molecule has 0 aromatic carbocycles. The van der Waals surface area contributed by atoms with Gasteiger partial charge >= 0.3 is 0 Å². The van der Waals surface area contributed by atoms with Crippen LogP contribution in [-0.2, 0) is 4.74 Å². The van der Waals surface area contributed by atoms with Gasteiger partial charge in [0.2, 0.25) is 0 Å². The van der Waals surface area contributed by atoms with Gasteiger partial charge in [0.05, 0.1) is 6.10 Å². The molecule has 5 heteroatoms. The summed E-state index contributed by atoms with van der Waals surface area (Å²) in [4.78, 5) is 0. The molecule has 0 amide bonds. The Labute approximate surface area is 95.2 Å². The highest BCUT2D eigenvalue weighted by Crippen LogP contribution is 2.23. The van der Waals surface area contributed by atoms with E-state index in [1.807, 2.05) is 11.8 Å². The summed E-state index contributed by atoms with van der Waals surface area (Å²) >= 11 is 1.87. The van der Waals surface area contributed by atoms with Gasteiger partial charge in [0.25, 0.3) is 0 Å². The van der Waals surface area contributed by atoms with Crippen LogP contribution in [0.25, 0.3) is 0 Å². The lowest BCUT2D eigenvalue weighted by molar-refractivity contribution is 0.129.